The average Bonchev–Trinajstić information content (AvgIpc) is 3.87. The largest absolute Gasteiger partial charge is 0.338 e. The molecule has 0 amide bonds. The molecule has 0 saturated heterocycles. The van der Waals surface area contributed by atoms with Crippen molar-refractivity contribution in [2.24, 2.45) is 11.8 Å². The molecule has 11 rings (SSSR count). The summed E-state index contributed by atoms with van der Waals surface area (Å²) in [6, 6.07) is 48.5. The zero-order chi connectivity index (χ0) is 48.5. The third kappa shape index (κ3) is 7.36. The maximum atomic E-state index is 4.56. The van der Waals surface area contributed by atoms with E-state index in [0.29, 0.717) is 12.5 Å². The van der Waals surface area contributed by atoms with Crippen LogP contribution in [0, 0.1) is 11.8 Å². The summed E-state index contributed by atoms with van der Waals surface area (Å²) in [6.07, 6.45) is 28.4. The molecule has 5 aliphatic rings. The number of rotatable bonds is 11. The van der Waals surface area contributed by atoms with Gasteiger partial charge >= 0.3 is 0 Å². The Morgan fingerprint density at radius 2 is 1.17 bits per heavy atom. The molecule has 3 atom stereocenters. The number of allylic oxidation sites excluding steroid dienone is 14. The van der Waals surface area contributed by atoms with Crippen LogP contribution in [0.2, 0.25) is 0 Å². The van der Waals surface area contributed by atoms with Gasteiger partial charge in [0.1, 0.15) is 0 Å². The molecule has 70 heavy (non-hydrogen) atoms. The van der Waals surface area contributed by atoms with Gasteiger partial charge in [-0.25, -0.2) is 0 Å². The van der Waals surface area contributed by atoms with E-state index in [-0.39, 0.29) is 28.1 Å². The first-order chi connectivity index (χ1) is 33.8. The Kier molecular flexibility index (Phi) is 11.2. The van der Waals surface area contributed by atoms with Crippen molar-refractivity contribution < 1.29 is 0 Å². The van der Waals surface area contributed by atoms with Crippen molar-refractivity contribution >= 4 is 11.3 Å². The minimum Gasteiger partial charge on any atom is -0.338 e. The van der Waals surface area contributed by atoms with E-state index >= 15 is 0 Å². The number of benzene rings is 6. The van der Waals surface area contributed by atoms with Crippen LogP contribution < -0.4 is 4.90 Å². The van der Waals surface area contributed by atoms with E-state index < -0.39 is 0 Å². The summed E-state index contributed by atoms with van der Waals surface area (Å²) in [4.78, 5) is 2.56. The molecule has 0 spiro atoms. The van der Waals surface area contributed by atoms with Gasteiger partial charge in [0.15, 0.2) is 0 Å². The van der Waals surface area contributed by atoms with E-state index in [1.165, 1.54) is 94.8 Å². The summed E-state index contributed by atoms with van der Waals surface area (Å²) in [5.74, 6) is 0.841. The lowest BCUT2D eigenvalue weighted by molar-refractivity contribution is 0.431. The molecular formula is C69H65N. The van der Waals surface area contributed by atoms with Crippen molar-refractivity contribution in [2.45, 2.75) is 77.0 Å². The summed E-state index contributed by atoms with van der Waals surface area (Å²) in [6.45, 7) is 25.7. The van der Waals surface area contributed by atoms with Gasteiger partial charge in [-0.15, -0.1) is 0 Å². The molecule has 0 N–H and O–H groups in total. The molecular weight excluding hydrogens is 843 g/mol. The minimum absolute atomic E-state index is 0.0601. The number of hydrogen-bond donors (Lipinski definition) is 0. The maximum Gasteiger partial charge on any atom is 0.0417 e. The van der Waals surface area contributed by atoms with Gasteiger partial charge in [-0.3, -0.25) is 0 Å². The Balaban J connectivity index is 1.01. The first kappa shape index (κ1) is 45.2. The highest BCUT2D eigenvalue weighted by Gasteiger charge is 2.39. The second kappa shape index (κ2) is 17.3. The summed E-state index contributed by atoms with van der Waals surface area (Å²) in [7, 11) is 0. The van der Waals surface area contributed by atoms with Crippen molar-refractivity contribution in [3.63, 3.8) is 0 Å². The Bertz CT molecular complexity index is 3360. The molecule has 0 saturated carbocycles. The van der Waals surface area contributed by atoms with Crippen LogP contribution in [0.25, 0.3) is 39.0 Å². The second-order valence-corrected chi connectivity index (χ2v) is 21.7. The van der Waals surface area contributed by atoms with E-state index in [1.54, 1.807) is 0 Å². The zero-order valence-corrected chi connectivity index (χ0v) is 42.1. The van der Waals surface area contributed by atoms with Gasteiger partial charge in [0.2, 0.25) is 0 Å². The summed E-state index contributed by atoms with van der Waals surface area (Å²) in [5.41, 5.74) is 24.4. The van der Waals surface area contributed by atoms with Crippen LogP contribution in [0.4, 0.5) is 5.69 Å². The van der Waals surface area contributed by atoms with Gasteiger partial charge in [0, 0.05) is 40.1 Å². The van der Waals surface area contributed by atoms with Crippen LogP contribution in [-0.4, -0.2) is 6.54 Å². The van der Waals surface area contributed by atoms with E-state index in [2.05, 4.69) is 255 Å². The molecule has 1 nitrogen and oxygen atoms in total. The molecule has 0 aliphatic heterocycles. The van der Waals surface area contributed by atoms with Gasteiger partial charge in [-0.1, -0.05) is 231 Å². The van der Waals surface area contributed by atoms with Crippen LogP contribution in [0.1, 0.15) is 105 Å². The van der Waals surface area contributed by atoms with E-state index in [9.17, 15) is 0 Å². The van der Waals surface area contributed by atoms with Gasteiger partial charge in [0.05, 0.1) is 0 Å². The van der Waals surface area contributed by atoms with Crippen LogP contribution in [-0.2, 0) is 16.2 Å². The van der Waals surface area contributed by atoms with Crippen molar-refractivity contribution in [2.75, 3.05) is 11.4 Å². The molecule has 6 aromatic carbocycles. The fraction of sp³-hybridized carbons (Fsp3) is 0.217. The third-order valence-corrected chi connectivity index (χ3v) is 16.7. The average molecular weight is 908 g/mol. The molecule has 5 aliphatic carbocycles. The van der Waals surface area contributed by atoms with Gasteiger partial charge in [-0.05, 0) is 144 Å². The van der Waals surface area contributed by atoms with Crippen LogP contribution in [0.3, 0.4) is 0 Å². The maximum absolute atomic E-state index is 4.56. The summed E-state index contributed by atoms with van der Waals surface area (Å²) < 4.78 is 0. The van der Waals surface area contributed by atoms with Crippen molar-refractivity contribution in [1.82, 2.24) is 0 Å². The van der Waals surface area contributed by atoms with Crippen LogP contribution in [0.15, 0.2) is 230 Å². The zero-order valence-electron chi connectivity index (χ0n) is 42.1. The molecule has 1 heteroatoms. The van der Waals surface area contributed by atoms with Gasteiger partial charge < -0.3 is 4.90 Å². The number of nitrogens with zero attached hydrogens (tertiary/aromatic N) is 1. The quantitative estimate of drug-likeness (QED) is 0.117. The van der Waals surface area contributed by atoms with E-state index in [1.807, 2.05) is 12.2 Å². The smallest absolute Gasteiger partial charge is 0.0417 e. The lowest BCUT2D eigenvalue weighted by Gasteiger charge is -2.36. The Morgan fingerprint density at radius 3 is 1.77 bits per heavy atom. The predicted octanol–water partition coefficient (Wildman–Crippen LogP) is 17.7. The number of hydrogen-bond acceptors (Lipinski definition) is 1. The predicted molar refractivity (Wildman–Crippen MR) is 299 cm³/mol. The Morgan fingerprint density at radius 1 is 0.614 bits per heavy atom. The third-order valence-electron chi connectivity index (χ3n) is 16.7. The van der Waals surface area contributed by atoms with E-state index in [4.69, 9.17) is 0 Å². The first-order valence-electron chi connectivity index (χ1n) is 25.4. The molecule has 6 aromatic rings. The second-order valence-electron chi connectivity index (χ2n) is 21.7. The topological polar surface area (TPSA) is 3.24 Å². The highest BCUT2D eigenvalue weighted by molar-refractivity contribution is 5.87. The molecule has 346 valence electrons. The van der Waals surface area contributed by atoms with Gasteiger partial charge in [-0.2, -0.15) is 0 Å². The van der Waals surface area contributed by atoms with Crippen LogP contribution in [0.5, 0.6) is 0 Å². The number of anilines is 1. The molecule has 0 aromatic heterocycles. The normalized spacial score (nSPS) is 20.6. The Labute approximate surface area is 417 Å². The lowest BCUT2D eigenvalue weighted by Crippen LogP contribution is -2.28. The number of fused-ring (bicyclic) bond motifs is 9. The highest BCUT2D eigenvalue weighted by atomic mass is 15.1. The Hall–Kier alpha value is -7.22. The van der Waals surface area contributed by atoms with Crippen molar-refractivity contribution in [1.29, 1.82) is 0 Å². The molecule has 0 heterocycles. The molecule has 0 radical (unpaired) electrons. The van der Waals surface area contributed by atoms with E-state index in [0.717, 1.165) is 17.6 Å². The SMILES string of the molecule is C=C/C=C\C(=C)/C(C)=C(/C=C\CN(C1=CC(C2C=CC=CC2)C(c2ccc3c(c2)C(C)(C)c2ccccc2-3)C=C1)c1ccc2c(c1)C(C)(C)c1ccccc1-2)c1ccc2c(c1)C(C)(C)c1ccccc1-2. The molecule has 0 bridgehead atoms. The van der Waals surface area contributed by atoms with Gasteiger partial charge in [0.25, 0.3) is 0 Å². The monoisotopic (exact) mass is 908 g/mol. The molecule has 0 fully saturated rings. The minimum atomic E-state index is -0.124. The fourth-order valence-electron chi connectivity index (χ4n) is 12.7. The highest BCUT2D eigenvalue weighted by Crippen LogP contribution is 2.53. The molecule has 3 unspecified atom stereocenters. The summed E-state index contributed by atoms with van der Waals surface area (Å²) >= 11 is 0. The van der Waals surface area contributed by atoms with Crippen LogP contribution >= 0.6 is 0 Å². The standard InChI is InChI=1S/C69H65N/c1-10-11-22-45(2)46(3)52(48-32-36-57-54-25-15-18-29-61(54)67(4,5)64(57)41-48)28-21-40-70(51-35-39-59-56-27-17-20-31-63(56)69(8,9)66(59)44-51)50-34-38-53(60(43-50)47-23-13-12-14-24-47)49-33-37-58-55-26-16-19-30-62(55)68(6,7)65(58)42-49/h10-23,25-39,41-44,47,53,60H,1-2,24,40H2,3-9H3/b22-11-,28-21-,52-46-. The fourth-order valence-corrected chi connectivity index (χ4v) is 12.7. The van der Waals surface area contributed by atoms with Crippen molar-refractivity contribution in [3.05, 3.63) is 275 Å². The van der Waals surface area contributed by atoms with Crippen molar-refractivity contribution in [3.8, 4) is 33.4 Å². The summed E-state index contributed by atoms with van der Waals surface area (Å²) in [5, 5.41) is 0. The lowest BCUT2D eigenvalue weighted by atomic mass is 9.72. The first-order valence-corrected chi connectivity index (χ1v) is 25.4.